The highest BCUT2D eigenvalue weighted by molar-refractivity contribution is 8.00. The molecule has 0 aliphatic carbocycles. The number of carboxylic acid groups (broad SMARTS) is 1. The normalized spacial score (nSPS) is 11.7. The third-order valence-electron chi connectivity index (χ3n) is 2.27. The predicted octanol–water partition coefficient (Wildman–Crippen LogP) is 2.31. The molecule has 0 saturated heterocycles. The molecule has 6 heteroatoms. The molecule has 0 aliphatic heterocycles. The minimum absolute atomic E-state index is 0.189. The van der Waals surface area contributed by atoms with Crippen LogP contribution in [0.1, 0.15) is 17.3 Å². The van der Waals surface area contributed by atoms with E-state index in [9.17, 15) is 14.0 Å². The molecule has 0 radical (unpaired) electrons. The van der Waals surface area contributed by atoms with Crippen LogP contribution in [0.4, 0.5) is 4.39 Å². The number of nitrogens with one attached hydrogen (secondary N) is 1. The number of halogens is 1. The minimum atomic E-state index is -1.33. The molecule has 0 heterocycles. The molecule has 1 aromatic carbocycles. The Kier molecular flexibility index (Phi) is 5.57. The maximum Gasteiger partial charge on any atom is 0.338 e. The Hall–Kier alpha value is -1.82. The van der Waals surface area contributed by atoms with Gasteiger partial charge >= 0.3 is 5.97 Å². The molecule has 0 aliphatic rings. The summed E-state index contributed by atoms with van der Waals surface area (Å²) in [6.45, 7) is 5.54. The highest BCUT2D eigenvalue weighted by Gasteiger charge is 2.16. The highest BCUT2D eigenvalue weighted by Crippen LogP contribution is 2.25. The average Bonchev–Trinajstić information content (AvgIpc) is 2.37. The number of thioether (sulfide) groups is 1. The summed E-state index contributed by atoms with van der Waals surface area (Å²) in [4.78, 5) is 22.9. The van der Waals surface area contributed by atoms with Gasteiger partial charge in [-0.2, -0.15) is 0 Å². The van der Waals surface area contributed by atoms with Gasteiger partial charge in [0.25, 0.3) is 0 Å². The van der Waals surface area contributed by atoms with Crippen molar-refractivity contribution in [2.75, 3.05) is 6.54 Å². The second-order valence-corrected chi connectivity index (χ2v) is 5.15. The molecule has 4 nitrogen and oxygen atoms in total. The summed E-state index contributed by atoms with van der Waals surface area (Å²) in [5.41, 5.74) is -0.399. The van der Waals surface area contributed by atoms with Crippen LogP contribution >= 0.6 is 11.8 Å². The molecule has 102 valence electrons. The van der Waals surface area contributed by atoms with Crippen LogP contribution in [0.25, 0.3) is 0 Å². The largest absolute Gasteiger partial charge is 0.478 e. The number of rotatable bonds is 6. The Morgan fingerprint density at radius 3 is 2.84 bits per heavy atom. The number of hydrogen-bond donors (Lipinski definition) is 2. The van der Waals surface area contributed by atoms with Gasteiger partial charge in [-0.1, -0.05) is 6.08 Å². The van der Waals surface area contributed by atoms with Gasteiger partial charge in [0.05, 0.1) is 10.8 Å². The maximum atomic E-state index is 13.2. The van der Waals surface area contributed by atoms with Crippen molar-refractivity contribution in [3.8, 4) is 0 Å². The molecule has 1 atom stereocenters. The number of benzene rings is 1. The molecule has 0 bridgehead atoms. The molecule has 0 fully saturated rings. The van der Waals surface area contributed by atoms with Crippen LogP contribution in [0.5, 0.6) is 0 Å². The van der Waals surface area contributed by atoms with E-state index in [2.05, 4.69) is 11.9 Å². The SMILES string of the molecule is C=CCNC(=O)C(C)Sc1ccc(F)c(C(=O)O)c1. The van der Waals surface area contributed by atoms with E-state index in [1.54, 1.807) is 13.0 Å². The number of amides is 1. The molecular weight excluding hydrogens is 269 g/mol. The molecule has 1 amide bonds. The fourth-order valence-corrected chi connectivity index (χ4v) is 2.25. The molecule has 2 N–H and O–H groups in total. The third kappa shape index (κ3) is 4.40. The molecule has 1 rings (SSSR count). The molecule has 19 heavy (non-hydrogen) atoms. The number of aromatic carboxylic acids is 1. The number of hydrogen-bond acceptors (Lipinski definition) is 3. The summed E-state index contributed by atoms with van der Waals surface area (Å²) in [6, 6.07) is 3.75. The zero-order chi connectivity index (χ0) is 14.4. The second-order valence-electron chi connectivity index (χ2n) is 3.74. The van der Waals surface area contributed by atoms with Crippen molar-refractivity contribution >= 4 is 23.6 Å². The van der Waals surface area contributed by atoms with Crippen molar-refractivity contribution in [3.05, 3.63) is 42.2 Å². The van der Waals surface area contributed by atoms with E-state index in [0.717, 1.165) is 6.07 Å². The van der Waals surface area contributed by atoms with Crippen LogP contribution in [-0.4, -0.2) is 28.8 Å². The van der Waals surface area contributed by atoms with Crippen LogP contribution in [0.3, 0.4) is 0 Å². The van der Waals surface area contributed by atoms with Gasteiger partial charge in [-0.25, -0.2) is 9.18 Å². The van der Waals surface area contributed by atoms with Crippen molar-refractivity contribution < 1.29 is 19.1 Å². The van der Waals surface area contributed by atoms with E-state index in [4.69, 9.17) is 5.11 Å². The summed E-state index contributed by atoms with van der Waals surface area (Å²) >= 11 is 1.17. The van der Waals surface area contributed by atoms with E-state index in [1.165, 1.54) is 23.9 Å². The van der Waals surface area contributed by atoms with Crippen LogP contribution in [0, 0.1) is 5.82 Å². The fourth-order valence-electron chi connectivity index (χ4n) is 1.32. The summed E-state index contributed by atoms with van der Waals surface area (Å²) in [7, 11) is 0. The zero-order valence-corrected chi connectivity index (χ0v) is 11.2. The van der Waals surface area contributed by atoms with Gasteiger partial charge < -0.3 is 10.4 Å². The average molecular weight is 283 g/mol. The lowest BCUT2D eigenvalue weighted by molar-refractivity contribution is -0.120. The lowest BCUT2D eigenvalue weighted by atomic mass is 10.2. The zero-order valence-electron chi connectivity index (χ0n) is 10.4. The first-order valence-electron chi connectivity index (χ1n) is 5.53. The second kappa shape index (κ2) is 6.94. The van der Waals surface area contributed by atoms with Crippen LogP contribution in [0.2, 0.25) is 0 Å². The van der Waals surface area contributed by atoms with Gasteiger partial charge in [0.2, 0.25) is 5.91 Å². The number of carboxylic acids is 1. The summed E-state index contributed by atoms with van der Waals surface area (Å²) in [5, 5.41) is 11.0. The Morgan fingerprint density at radius 1 is 1.58 bits per heavy atom. The van der Waals surface area contributed by atoms with E-state index >= 15 is 0 Å². The van der Waals surface area contributed by atoms with Gasteiger partial charge in [0.15, 0.2) is 0 Å². The van der Waals surface area contributed by atoms with E-state index in [1.807, 2.05) is 0 Å². The number of carbonyl (C=O) groups excluding carboxylic acids is 1. The first-order valence-corrected chi connectivity index (χ1v) is 6.41. The molecule has 0 aromatic heterocycles. The van der Waals surface area contributed by atoms with E-state index < -0.39 is 22.6 Å². The molecular formula is C13H14FNO3S. The highest BCUT2D eigenvalue weighted by atomic mass is 32.2. The lowest BCUT2D eigenvalue weighted by Gasteiger charge is -2.11. The van der Waals surface area contributed by atoms with Gasteiger partial charge in [-0.15, -0.1) is 18.3 Å². The van der Waals surface area contributed by atoms with Crippen molar-refractivity contribution in [2.45, 2.75) is 17.1 Å². The van der Waals surface area contributed by atoms with Gasteiger partial charge in [-0.3, -0.25) is 4.79 Å². The Bertz CT molecular complexity index is 505. The summed E-state index contributed by atoms with van der Waals surface area (Å²) in [6.07, 6.45) is 1.57. The van der Waals surface area contributed by atoms with Gasteiger partial charge in [0, 0.05) is 11.4 Å². The van der Waals surface area contributed by atoms with Crippen molar-refractivity contribution in [1.82, 2.24) is 5.32 Å². The van der Waals surface area contributed by atoms with Crippen LogP contribution in [0.15, 0.2) is 35.7 Å². The minimum Gasteiger partial charge on any atom is -0.478 e. The first kappa shape index (κ1) is 15.2. The Balaban J connectivity index is 2.77. The summed E-state index contributed by atoms with van der Waals surface area (Å²) in [5.74, 6) is -2.31. The molecule has 1 aromatic rings. The smallest absolute Gasteiger partial charge is 0.338 e. The monoisotopic (exact) mass is 283 g/mol. The topological polar surface area (TPSA) is 66.4 Å². The van der Waals surface area contributed by atoms with Crippen LogP contribution < -0.4 is 5.32 Å². The van der Waals surface area contributed by atoms with E-state index in [0.29, 0.717) is 11.4 Å². The van der Waals surface area contributed by atoms with Gasteiger partial charge in [0.1, 0.15) is 5.82 Å². The number of carbonyl (C=O) groups is 2. The summed E-state index contributed by atoms with van der Waals surface area (Å²) < 4.78 is 13.2. The van der Waals surface area contributed by atoms with Crippen molar-refractivity contribution in [1.29, 1.82) is 0 Å². The lowest BCUT2D eigenvalue weighted by Crippen LogP contribution is -2.30. The Morgan fingerprint density at radius 2 is 2.26 bits per heavy atom. The van der Waals surface area contributed by atoms with E-state index in [-0.39, 0.29) is 5.91 Å². The molecule has 0 spiro atoms. The first-order chi connectivity index (χ1) is 8.95. The van der Waals surface area contributed by atoms with Crippen LogP contribution in [-0.2, 0) is 4.79 Å². The quantitative estimate of drug-likeness (QED) is 0.621. The molecule has 0 saturated carbocycles. The Labute approximate surface area is 114 Å². The predicted molar refractivity (Wildman–Crippen MR) is 71.9 cm³/mol. The third-order valence-corrected chi connectivity index (χ3v) is 3.36. The standard InChI is InChI=1S/C13H14FNO3S/c1-3-6-15-12(16)8(2)19-9-4-5-11(14)10(7-9)13(17)18/h3-5,7-8H,1,6H2,2H3,(H,15,16)(H,17,18). The van der Waals surface area contributed by atoms with Crippen molar-refractivity contribution in [2.24, 2.45) is 0 Å². The molecule has 1 unspecified atom stereocenters. The fraction of sp³-hybridized carbons (Fsp3) is 0.231. The van der Waals surface area contributed by atoms with Gasteiger partial charge in [-0.05, 0) is 25.1 Å². The van der Waals surface area contributed by atoms with Crippen molar-refractivity contribution in [3.63, 3.8) is 0 Å². The maximum absolute atomic E-state index is 13.2.